The zero-order valence-electron chi connectivity index (χ0n) is 15.2. The van der Waals surface area contributed by atoms with Crippen LogP contribution in [0.4, 0.5) is 16.2 Å². The maximum Gasteiger partial charge on any atom is 0.319 e. The van der Waals surface area contributed by atoms with Crippen LogP contribution in [0, 0.1) is 13.8 Å². The van der Waals surface area contributed by atoms with Gasteiger partial charge < -0.3 is 15.5 Å². The second kappa shape index (κ2) is 7.83. The molecule has 1 unspecified atom stereocenters. The molecule has 0 aromatic heterocycles. The summed E-state index contributed by atoms with van der Waals surface area (Å²) < 4.78 is 0. The summed E-state index contributed by atoms with van der Waals surface area (Å²) in [5.74, 6) is 0.0306. The van der Waals surface area contributed by atoms with E-state index < -0.39 is 0 Å². The first kappa shape index (κ1) is 18.3. The van der Waals surface area contributed by atoms with Gasteiger partial charge in [0.2, 0.25) is 5.91 Å². The van der Waals surface area contributed by atoms with E-state index in [9.17, 15) is 9.59 Å². The highest BCUT2D eigenvalue weighted by Gasteiger charge is 2.31. The lowest BCUT2D eigenvalue weighted by molar-refractivity contribution is -0.117. The molecule has 3 amide bonds. The van der Waals surface area contributed by atoms with Crippen LogP contribution in [0.3, 0.4) is 0 Å². The van der Waals surface area contributed by atoms with Crippen molar-refractivity contribution in [1.82, 2.24) is 5.32 Å². The molecule has 3 rings (SSSR count). The van der Waals surface area contributed by atoms with Gasteiger partial charge in [-0.1, -0.05) is 18.2 Å². The van der Waals surface area contributed by atoms with Gasteiger partial charge in [0.25, 0.3) is 0 Å². The number of amides is 3. The van der Waals surface area contributed by atoms with Gasteiger partial charge >= 0.3 is 6.03 Å². The fraction of sp³-hybridized carbons (Fsp3) is 0.300. The summed E-state index contributed by atoms with van der Waals surface area (Å²) in [7, 11) is 0. The van der Waals surface area contributed by atoms with Crippen molar-refractivity contribution in [2.75, 3.05) is 23.0 Å². The molecule has 0 saturated carbocycles. The number of hydrogen-bond donors (Lipinski definition) is 2. The van der Waals surface area contributed by atoms with Crippen molar-refractivity contribution in [3.8, 4) is 0 Å². The molecule has 2 aromatic rings. The summed E-state index contributed by atoms with van der Waals surface area (Å²) in [6, 6.07) is 13.2. The predicted octanol–water partition coefficient (Wildman–Crippen LogP) is 3.95. The Bertz CT molecular complexity index is 838. The molecule has 0 radical (unpaired) electrons. The van der Waals surface area contributed by atoms with Crippen molar-refractivity contribution in [3.63, 3.8) is 0 Å². The first-order chi connectivity index (χ1) is 12.5. The van der Waals surface area contributed by atoms with Gasteiger partial charge in [0.1, 0.15) is 0 Å². The summed E-state index contributed by atoms with van der Waals surface area (Å²) in [5.41, 5.74) is 4.00. The Morgan fingerprint density at radius 3 is 2.65 bits per heavy atom. The first-order valence-electron chi connectivity index (χ1n) is 8.56. The maximum atomic E-state index is 12.4. The van der Waals surface area contributed by atoms with E-state index in [-0.39, 0.29) is 18.0 Å². The number of hydrogen-bond acceptors (Lipinski definition) is 3. The van der Waals surface area contributed by atoms with Crippen LogP contribution in [0.15, 0.2) is 47.4 Å². The SMILES string of the molecule is CSc1ccccc1NC(=O)NC1CC(=O)N(c2ccc(C)c(C)c2)C1. The number of thioether (sulfide) groups is 1. The first-order valence-corrected chi connectivity index (χ1v) is 9.78. The van der Waals surface area contributed by atoms with Gasteiger partial charge in [-0.15, -0.1) is 11.8 Å². The summed E-state index contributed by atoms with van der Waals surface area (Å²) >= 11 is 1.58. The van der Waals surface area contributed by atoms with Crippen molar-refractivity contribution in [2.45, 2.75) is 31.2 Å². The molecule has 0 bridgehead atoms. The zero-order chi connectivity index (χ0) is 18.7. The topological polar surface area (TPSA) is 61.4 Å². The third-order valence-corrected chi connectivity index (χ3v) is 5.41. The van der Waals surface area contributed by atoms with Crippen LogP contribution in [0.2, 0.25) is 0 Å². The Hall–Kier alpha value is -2.47. The van der Waals surface area contributed by atoms with E-state index in [1.54, 1.807) is 16.7 Å². The standard InChI is InChI=1S/C20H23N3O2S/c1-13-8-9-16(10-14(13)2)23-12-15(11-19(23)24)21-20(25)22-17-6-4-5-7-18(17)26-3/h4-10,15H,11-12H2,1-3H3,(H2,21,22,25). The highest BCUT2D eigenvalue weighted by atomic mass is 32.2. The zero-order valence-corrected chi connectivity index (χ0v) is 16.0. The van der Waals surface area contributed by atoms with E-state index in [4.69, 9.17) is 0 Å². The lowest BCUT2D eigenvalue weighted by atomic mass is 10.1. The fourth-order valence-electron chi connectivity index (χ4n) is 3.04. The Balaban J connectivity index is 1.63. The second-order valence-electron chi connectivity index (χ2n) is 6.47. The summed E-state index contributed by atoms with van der Waals surface area (Å²) in [6.07, 6.45) is 2.28. The number of para-hydroxylation sites is 1. The minimum atomic E-state index is -0.286. The summed E-state index contributed by atoms with van der Waals surface area (Å²) in [5, 5.41) is 5.79. The van der Waals surface area contributed by atoms with E-state index in [2.05, 4.69) is 10.6 Å². The molecular formula is C20H23N3O2S. The molecule has 1 fully saturated rings. The number of carbonyl (C=O) groups is 2. The number of rotatable bonds is 4. The van der Waals surface area contributed by atoms with Crippen LogP contribution in [-0.2, 0) is 4.79 Å². The third kappa shape index (κ3) is 4.02. The molecule has 2 N–H and O–H groups in total. The van der Waals surface area contributed by atoms with Crippen LogP contribution in [0.25, 0.3) is 0 Å². The highest BCUT2D eigenvalue weighted by molar-refractivity contribution is 7.98. The van der Waals surface area contributed by atoms with Crippen LogP contribution in [0.1, 0.15) is 17.5 Å². The van der Waals surface area contributed by atoms with Gasteiger partial charge in [0.05, 0.1) is 11.7 Å². The molecule has 2 aromatic carbocycles. The van der Waals surface area contributed by atoms with Gasteiger partial charge in [-0.2, -0.15) is 0 Å². The van der Waals surface area contributed by atoms with E-state index >= 15 is 0 Å². The molecule has 1 atom stereocenters. The van der Waals surface area contributed by atoms with Crippen LogP contribution in [0.5, 0.6) is 0 Å². The van der Waals surface area contributed by atoms with Crippen molar-refractivity contribution >= 4 is 35.1 Å². The van der Waals surface area contributed by atoms with Gasteiger partial charge in [-0.25, -0.2) is 4.79 Å². The quantitative estimate of drug-likeness (QED) is 0.802. The molecule has 0 aliphatic carbocycles. The van der Waals surface area contributed by atoms with Gasteiger partial charge in [-0.3, -0.25) is 4.79 Å². The van der Waals surface area contributed by atoms with Crippen LogP contribution in [-0.4, -0.2) is 30.8 Å². The lowest BCUT2D eigenvalue weighted by Gasteiger charge is -2.19. The van der Waals surface area contributed by atoms with Crippen molar-refractivity contribution < 1.29 is 9.59 Å². The average molecular weight is 369 g/mol. The number of carbonyl (C=O) groups excluding carboxylic acids is 2. The monoisotopic (exact) mass is 369 g/mol. The van der Waals surface area contributed by atoms with Crippen molar-refractivity contribution in [2.24, 2.45) is 0 Å². The molecule has 26 heavy (non-hydrogen) atoms. The number of anilines is 2. The molecule has 1 saturated heterocycles. The number of aryl methyl sites for hydroxylation is 2. The van der Waals surface area contributed by atoms with Crippen molar-refractivity contribution in [1.29, 1.82) is 0 Å². The van der Waals surface area contributed by atoms with Crippen molar-refractivity contribution in [3.05, 3.63) is 53.6 Å². The molecule has 6 heteroatoms. The fourth-order valence-corrected chi connectivity index (χ4v) is 3.59. The summed E-state index contributed by atoms with van der Waals surface area (Å²) in [4.78, 5) is 27.4. The maximum absolute atomic E-state index is 12.4. The largest absolute Gasteiger partial charge is 0.333 e. The lowest BCUT2D eigenvalue weighted by Crippen LogP contribution is -2.39. The minimum Gasteiger partial charge on any atom is -0.333 e. The molecule has 136 valence electrons. The molecule has 1 aliphatic heterocycles. The third-order valence-electron chi connectivity index (χ3n) is 4.62. The van der Waals surface area contributed by atoms with Gasteiger partial charge in [0.15, 0.2) is 0 Å². The van der Waals surface area contributed by atoms with E-state index in [1.807, 2.05) is 62.6 Å². The number of nitrogens with zero attached hydrogens (tertiary/aromatic N) is 1. The Labute approximate surface area is 158 Å². The molecule has 1 aliphatic rings. The summed E-state index contributed by atoms with van der Waals surface area (Å²) in [6.45, 7) is 4.57. The predicted molar refractivity (Wildman–Crippen MR) is 107 cm³/mol. The molecule has 5 nitrogen and oxygen atoms in total. The van der Waals surface area contributed by atoms with E-state index in [0.717, 1.165) is 21.8 Å². The molecular weight excluding hydrogens is 346 g/mol. The van der Waals surface area contributed by atoms with E-state index in [1.165, 1.54) is 5.56 Å². The second-order valence-corrected chi connectivity index (χ2v) is 7.32. The van der Waals surface area contributed by atoms with Crippen LogP contribution >= 0.6 is 11.8 Å². The van der Waals surface area contributed by atoms with Gasteiger partial charge in [0, 0.05) is 23.5 Å². The average Bonchev–Trinajstić information content (AvgIpc) is 2.98. The normalized spacial score (nSPS) is 16.7. The molecule has 0 spiro atoms. The smallest absolute Gasteiger partial charge is 0.319 e. The number of urea groups is 1. The van der Waals surface area contributed by atoms with Gasteiger partial charge in [-0.05, 0) is 55.5 Å². The van der Waals surface area contributed by atoms with Crippen LogP contribution < -0.4 is 15.5 Å². The number of benzene rings is 2. The van der Waals surface area contributed by atoms with E-state index in [0.29, 0.717) is 13.0 Å². The Morgan fingerprint density at radius 1 is 1.15 bits per heavy atom. The highest BCUT2D eigenvalue weighted by Crippen LogP contribution is 2.26. The number of nitrogens with one attached hydrogen (secondary N) is 2. The molecule has 1 heterocycles. The minimum absolute atomic E-state index is 0.0306. The Kier molecular flexibility index (Phi) is 5.52. The Morgan fingerprint density at radius 2 is 1.92 bits per heavy atom.